The maximum atomic E-state index is 5.88. The summed E-state index contributed by atoms with van der Waals surface area (Å²) in [7, 11) is 2.02. The van der Waals surface area contributed by atoms with Gasteiger partial charge in [-0.2, -0.15) is 0 Å². The molecule has 0 aliphatic heterocycles. The Morgan fingerprint density at radius 2 is 2.20 bits per heavy atom. The molecule has 0 atom stereocenters. The second-order valence-corrected chi connectivity index (χ2v) is 5.64. The molecule has 0 fully saturated rings. The topological polar surface area (TPSA) is 59.5 Å². The lowest BCUT2D eigenvalue weighted by molar-refractivity contribution is 0.845. The Balaban J connectivity index is 1.92. The summed E-state index contributed by atoms with van der Waals surface area (Å²) in [6.07, 6.45) is 2.01. The summed E-state index contributed by atoms with van der Waals surface area (Å²) in [4.78, 5) is 12.3. The highest BCUT2D eigenvalue weighted by Gasteiger charge is 2.15. The summed E-state index contributed by atoms with van der Waals surface area (Å²) in [5.41, 5.74) is 8.98. The van der Waals surface area contributed by atoms with Crippen molar-refractivity contribution in [2.24, 2.45) is 5.73 Å². The lowest BCUT2D eigenvalue weighted by atomic mass is 10.3. The molecular formula is C14H17N5S. The first kappa shape index (κ1) is 13.1. The highest BCUT2D eigenvalue weighted by atomic mass is 32.1. The fourth-order valence-corrected chi connectivity index (χ4v) is 3.05. The molecule has 0 amide bonds. The lowest BCUT2D eigenvalue weighted by Crippen LogP contribution is -2.20. The van der Waals surface area contributed by atoms with Crippen LogP contribution in [0.5, 0.6) is 0 Å². The standard InChI is InChI=1S/C14H17N5S/c1-10-4-3-5-11(16-10)9-18(2)13-12(8-15)19-6-7-20-14(19)17-13/h3-7H,8-9,15H2,1-2H3. The van der Waals surface area contributed by atoms with Crippen molar-refractivity contribution in [3.8, 4) is 0 Å². The monoisotopic (exact) mass is 287 g/mol. The number of pyridine rings is 1. The third-order valence-electron chi connectivity index (χ3n) is 3.24. The van der Waals surface area contributed by atoms with E-state index in [1.165, 1.54) is 0 Å². The summed E-state index contributed by atoms with van der Waals surface area (Å²) in [5, 5.41) is 2.02. The van der Waals surface area contributed by atoms with Crippen molar-refractivity contribution in [2.45, 2.75) is 20.0 Å². The molecule has 0 radical (unpaired) electrons. The van der Waals surface area contributed by atoms with E-state index in [0.29, 0.717) is 6.54 Å². The molecule has 3 aromatic heterocycles. The van der Waals surface area contributed by atoms with Crippen LogP contribution in [0, 0.1) is 6.92 Å². The van der Waals surface area contributed by atoms with Gasteiger partial charge in [-0.05, 0) is 19.1 Å². The molecule has 0 bridgehead atoms. The zero-order valence-corrected chi connectivity index (χ0v) is 12.4. The zero-order chi connectivity index (χ0) is 14.1. The fraction of sp³-hybridized carbons (Fsp3) is 0.286. The third-order valence-corrected chi connectivity index (χ3v) is 4.00. The Morgan fingerprint density at radius 1 is 1.35 bits per heavy atom. The van der Waals surface area contributed by atoms with Crippen LogP contribution in [-0.4, -0.2) is 21.4 Å². The number of rotatable bonds is 4. The van der Waals surface area contributed by atoms with E-state index in [2.05, 4.69) is 19.3 Å². The average Bonchev–Trinajstić information content (AvgIpc) is 2.98. The van der Waals surface area contributed by atoms with Crippen LogP contribution in [0.4, 0.5) is 5.82 Å². The number of anilines is 1. The van der Waals surface area contributed by atoms with Gasteiger partial charge in [0.2, 0.25) is 0 Å². The first-order valence-corrected chi connectivity index (χ1v) is 7.35. The summed E-state index contributed by atoms with van der Waals surface area (Å²) in [5.74, 6) is 0.933. The second-order valence-electron chi connectivity index (χ2n) is 4.77. The first-order chi connectivity index (χ1) is 9.69. The van der Waals surface area contributed by atoms with Crippen LogP contribution in [-0.2, 0) is 13.1 Å². The van der Waals surface area contributed by atoms with E-state index < -0.39 is 0 Å². The SMILES string of the molecule is Cc1cccc(CN(C)c2nc3sccn3c2CN)n1. The molecule has 0 saturated carbocycles. The van der Waals surface area contributed by atoms with Crippen LogP contribution in [0.3, 0.4) is 0 Å². The van der Waals surface area contributed by atoms with E-state index in [1.807, 2.05) is 43.7 Å². The number of nitrogens with two attached hydrogens (primary N) is 1. The van der Waals surface area contributed by atoms with Crippen LogP contribution in [0.1, 0.15) is 17.1 Å². The van der Waals surface area contributed by atoms with Gasteiger partial charge >= 0.3 is 0 Å². The second kappa shape index (κ2) is 5.22. The van der Waals surface area contributed by atoms with Crippen molar-refractivity contribution in [1.82, 2.24) is 14.4 Å². The van der Waals surface area contributed by atoms with Gasteiger partial charge in [0.25, 0.3) is 0 Å². The van der Waals surface area contributed by atoms with E-state index >= 15 is 0 Å². The van der Waals surface area contributed by atoms with Gasteiger partial charge in [-0.1, -0.05) is 6.07 Å². The fourth-order valence-electron chi connectivity index (χ4n) is 2.32. The predicted molar refractivity (Wildman–Crippen MR) is 82.0 cm³/mol. The van der Waals surface area contributed by atoms with Crippen LogP contribution < -0.4 is 10.6 Å². The van der Waals surface area contributed by atoms with E-state index in [0.717, 1.165) is 34.4 Å². The zero-order valence-electron chi connectivity index (χ0n) is 11.6. The van der Waals surface area contributed by atoms with Gasteiger partial charge in [0.05, 0.1) is 17.9 Å². The number of imidazole rings is 1. The van der Waals surface area contributed by atoms with Crippen molar-refractivity contribution >= 4 is 22.1 Å². The lowest BCUT2D eigenvalue weighted by Gasteiger charge is -2.17. The first-order valence-electron chi connectivity index (χ1n) is 6.47. The van der Waals surface area contributed by atoms with Gasteiger partial charge in [0, 0.05) is 30.9 Å². The van der Waals surface area contributed by atoms with E-state index in [-0.39, 0.29) is 0 Å². The number of thiazole rings is 1. The minimum absolute atomic E-state index is 0.471. The van der Waals surface area contributed by atoms with Gasteiger partial charge < -0.3 is 10.6 Å². The molecule has 3 heterocycles. The maximum Gasteiger partial charge on any atom is 0.195 e. The Morgan fingerprint density at radius 3 is 2.95 bits per heavy atom. The van der Waals surface area contributed by atoms with Gasteiger partial charge in [0.15, 0.2) is 10.8 Å². The van der Waals surface area contributed by atoms with Crippen molar-refractivity contribution < 1.29 is 0 Å². The molecule has 3 rings (SSSR count). The molecule has 2 N–H and O–H groups in total. The van der Waals surface area contributed by atoms with E-state index in [1.54, 1.807) is 11.3 Å². The summed E-state index contributed by atoms with van der Waals surface area (Å²) in [6.45, 7) is 3.19. The van der Waals surface area contributed by atoms with Crippen LogP contribution in [0.2, 0.25) is 0 Å². The Bertz CT molecular complexity index is 730. The van der Waals surface area contributed by atoms with Gasteiger partial charge in [-0.3, -0.25) is 9.38 Å². The average molecular weight is 287 g/mol. The summed E-state index contributed by atoms with van der Waals surface area (Å²) in [6, 6.07) is 6.06. The van der Waals surface area contributed by atoms with E-state index in [9.17, 15) is 0 Å². The maximum absolute atomic E-state index is 5.88. The molecule has 3 aromatic rings. The van der Waals surface area contributed by atoms with Crippen molar-refractivity contribution in [1.29, 1.82) is 0 Å². The van der Waals surface area contributed by atoms with Crippen molar-refractivity contribution in [3.63, 3.8) is 0 Å². The van der Waals surface area contributed by atoms with Crippen molar-refractivity contribution in [3.05, 3.63) is 46.9 Å². The highest BCUT2D eigenvalue weighted by molar-refractivity contribution is 7.15. The molecule has 0 aliphatic carbocycles. The minimum Gasteiger partial charge on any atom is -0.352 e. The minimum atomic E-state index is 0.471. The quantitative estimate of drug-likeness (QED) is 0.799. The molecular weight excluding hydrogens is 270 g/mol. The Kier molecular flexibility index (Phi) is 3.42. The highest BCUT2D eigenvalue weighted by Crippen LogP contribution is 2.24. The normalized spacial score (nSPS) is 11.2. The van der Waals surface area contributed by atoms with Crippen molar-refractivity contribution in [2.75, 3.05) is 11.9 Å². The Labute approximate surface area is 121 Å². The molecule has 0 aromatic carbocycles. The van der Waals surface area contributed by atoms with Crippen LogP contribution in [0.25, 0.3) is 4.96 Å². The molecule has 20 heavy (non-hydrogen) atoms. The summed E-state index contributed by atoms with van der Waals surface area (Å²) >= 11 is 1.62. The molecule has 104 valence electrons. The molecule has 0 unspecified atom stereocenters. The van der Waals surface area contributed by atoms with Gasteiger partial charge in [-0.25, -0.2) is 4.98 Å². The van der Waals surface area contributed by atoms with Crippen LogP contribution >= 0.6 is 11.3 Å². The predicted octanol–water partition coefficient (Wildman–Crippen LogP) is 2.19. The third kappa shape index (κ3) is 2.28. The summed E-state index contributed by atoms with van der Waals surface area (Å²) < 4.78 is 2.06. The molecule has 0 spiro atoms. The number of hydrogen-bond acceptors (Lipinski definition) is 5. The molecule has 5 nitrogen and oxygen atoms in total. The molecule has 0 aliphatic rings. The van der Waals surface area contributed by atoms with Crippen LogP contribution in [0.15, 0.2) is 29.8 Å². The number of fused-ring (bicyclic) bond motifs is 1. The largest absolute Gasteiger partial charge is 0.352 e. The van der Waals surface area contributed by atoms with E-state index in [4.69, 9.17) is 5.73 Å². The number of aromatic nitrogens is 3. The van der Waals surface area contributed by atoms with Gasteiger partial charge in [0.1, 0.15) is 0 Å². The molecule has 6 heteroatoms. The molecule has 0 saturated heterocycles. The Hall–Kier alpha value is -1.92. The number of nitrogens with zero attached hydrogens (tertiary/aromatic N) is 4. The van der Waals surface area contributed by atoms with Gasteiger partial charge in [-0.15, -0.1) is 11.3 Å². The number of aryl methyl sites for hydroxylation is 1. The smallest absolute Gasteiger partial charge is 0.195 e. The number of hydrogen-bond donors (Lipinski definition) is 1.